The van der Waals surface area contributed by atoms with Gasteiger partial charge in [-0.3, -0.25) is 15.0 Å². The van der Waals surface area contributed by atoms with Crippen LogP contribution in [-0.4, -0.2) is 99.9 Å². The Kier molecular flexibility index (Phi) is 12.5. The second-order valence-corrected chi connectivity index (χ2v) is 13.3. The Bertz CT molecular complexity index is 785. The summed E-state index contributed by atoms with van der Waals surface area (Å²) in [6, 6.07) is 0.917. The van der Waals surface area contributed by atoms with Crippen molar-refractivity contribution in [3.63, 3.8) is 0 Å². The Morgan fingerprint density at radius 1 is 0.976 bits per heavy atom. The van der Waals surface area contributed by atoms with Gasteiger partial charge >= 0.3 is 0 Å². The van der Waals surface area contributed by atoms with Crippen molar-refractivity contribution in [1.82, 2.24) is 42.3 Å². The van der Waals surface area contributed by atoms with Gasteiger partial charge in [0.2, 0.25) is 5.91 Å². The fourth-order valence-electron chi connectivity index (χ4n) is 7.89. The van der Waals surface area contributed by atoms with Gasteiger partial charge in [0.15, 0.2) is 0 Å². The van der Waals surface area contributed by atoms with Crippen LogP contribution in [0.4, 0.5) is 0 Å². The summed E-state index contributed by atoms with van der Waals surface area (Å²) in [5, 5.41) is 17.7. The third-order valence-electron chi connectivity index (χ3n) is 10.6. The first kappa shape index (κ1) is 31.5. The maximum Gasteiger partial charge on any atom is 0.223 e. The molecule has 0 radical (unpaired) electrons. The van der Waals surface area contributed by atoms with Gasteiger partial charge in [0.1, 0.15) is 0 Å². The van der Waals surface area contributed by atoms with Crippen LogP contribution in [0.3, 0.4) is 0 Å². The van der Waals surface area contributed by atoms with Gasteiger partial charge in [0.25, 0.3) is 0 Å². The third-order valence-corrected chi connectivity index (χ3v) is 10.6. The Morgan fingerprint density at radius 2 is 1.85 bits per heavy atom. The second-order valence-electron chi connectivity index (χ2n) is 13.3. The lowest BCUT2D eigenvalue weighted by atomic mass is 9.83. The van der Waals surface area contributed by atoms with Crippen LogP contribution in [0.15, 0.2) is 0 Å². The van der Waals surface area contributed by atoms with E-state index < -0.39 is 0 Å². The normalized spacial score (nSPS) is 39.0. The summed E-state index contributed by atoms with van der Waals surface area (Å²) in [5.74, 6) is 1.67. The number of rotatable bonds is 12. The molecule has 236 valence electrons. The van der Waals surface area contributed by atoms with Crippen LogP contribution in [0.5, 0.6) is 0 Å². The molecule has 0 spiro atoms. The molecule has 5 fully saturated rings. The van der Waals surface area contributed by atoms with E-state index in [1.165, 1.54) is 25.7 Å². The summed E-state index contributed by atoms with van der Waals surface area (Å²) in [7, 11) is 0. The van der Waals surface area contributed by atoms with Crippen molar-refractivity contribution in [1.29, 1.82) is 0 Å². The highest BCUT2D eigenvalue weighted by atomic mass is 16.5. The van der Waals surface area contributed by atoms with E-state index in [1.807, 2.05) is 0 Å². The number of amides is 1. The monoisotopic (exact) mass is 577 g/mol. The van der Waals surface area contributed by atoms with Crippen LogP contribution in [0, 0.1) is 17.8 Å². The lowest BCUT2D eigenvalue weighted by Gasteiger charge is -2.37. The van der Waals surface area contributed by atoms with Crippen LogP contribution >= 0.6 is 0 Å². The van der Waals surface area contributed by atoms with Gasteiger partial charge in [-0.1, -0.05) is 32.6 Å². The summed E-state index contributed by atoms with van der Waals surface area (Å²) >= 11 is 0. The molecule has 11 heteroatoms. The van der Waals surface area contributed by atoms with Crippen LogP contribution < -0.4 is 43.2 Å². The molecule has 3 saturated heterocycles. The Labute approximate surface area is 247 Å². The van der Waals surface area contributed by atoms with Crippen molar-refractivity contribution in [3.8, 4) is 0 Å². The molecule has 9 atom stereocenters. The molecule has 0 aromatic heterocycles. The second kappa shape index (κ2) is 16.3. The molecular formula is C30H59N9O2. The molecule has 2 saturated carbocycles. The molecule has 0 aromatic carbocycles. The Morgan fingerprint density at radius 3 is 2.68 bits per heavy atom. The van der Waals surface area contributed by atoms with Crippen LogP contribution in [0.2, 0.25) is 0 Å². The maximum atomic E-state index is 13.2. The molecule has 1 amide bonds. The molecule has 5 aliphatic rings. The summed E-state index contributed by atoms with van der Waals surface area (Å²) < 4.78 is 6.33. The van der Waals surface area contributed by atoms with Gasteiger partial charge in [-0.2, -0.15) is 0 Å². The molecular weight excluding hydrogens is 518 g/mol. The number of hydrogen-bond acceptors (Lipinski definition) is 10. The first-order chi connectivity index (χ1) is 20.1. The number of hydrazine groups is 1. The van der Waals surface area contributed by atoms with E-state index in [1.54, 1.807) is 0 Å². The predicted molar refractivity (Wildman–Crippen MR) is 163 cm³/mol. The largest absolute Gasteiger partial charge is 0.375 e. The zero-order valence-corrected chi connectivity index (χ0v) is 25.5. The zero-order valence-electron chi connectivity index (χ0n) is 25.5. The van der Waals surface area contributed by atoms with Gasteiger partial charge < -0.3 is 31.7 Å². The molecule has 2 aliphatic carbocycles. The van der Waals surface area contributed by atoms with E-state index in [-0.39, 0.29) is 36.3 Å². The molecule has 41 heavy (non-hydrogen) atoms. The first-order valence-corrected chi connectivity index (χ1v) is 16.9. The van der Waals surface area contributed by atoms with Crippen LogP contribution in [-0.2, 0) is 9.53 Å². The van der Waals surface area contributed by atoms with Crippen LogP contribution in [0.25, 0.3) is 0 Å². The number of nitrogens with one attached hydrogen (secondary N) is 7. The smallest absolute Gasteiger partial charge is 0.223 e. The summed E-state index contributed by atoms with van der Waals surface area (Å²) in [5.41, 5.74) is 13.5. The van der Waals surface area contributed by atoms with Crippen molar-refractivity contribution in [3.05, 3.63) is 0 Å². The minimum absolute atomic E-state index is 0.119. The number of hydrogen-bond donors (Lipinski definition) is 8. The average molecular weight is 578 g/mol. The highest BCUT2D eigenvalue weighted by Gasteiger charge is 2.39. The molecule has 0 aromatic rings. The molecule has 3 aliphatic heterocycles. The van der Waals surface area contributed by atoms with E-state index in [9.17, 15) is 4.79 Å². The third kappa shape index (κ3) is 8.83. The molecule has 0 bridgehead atoms. The molecule has 9 unspecified atom stereocenters. The van der Waals surface area contributed by atoms with E-state index in [0.29, 0.717) is 30.5 Å². The van der Waals surface area contributed by atoms with Gasteiger partial charge in [-0.05, 0) is 76.4 Å². The minimum atomic E-state index is 0.119. The Hall–Kier alpha value is -0.890. The van der Waals surface area contributed by atoms with Crippen molar-refractivity contribution < 1.29 is 9.53 Å². The van der Waals surface area contributed by atoms with Gasteiger partial charge in [-0.25, -0.2) is 10.9 Å². The van der Waals surface area contributed by atoms with Crippen molar-refractivity contribution in [2.24, 2.45) is 23.5 Å². The van der Waals surface area contributed by atoms with E-state index in [2.05, 4.69) is 49.3 Å². The first-order valence-electron chi connectivity index (χ1n) is 16.9. The minimum Gasteiger partial charge on any atom is -0.375 e. The maximum absolute atomic E-state index is 13.2. The molecule has 9 N–H and O–H groups in total. The highest BCUT2D eigenvalue weighted by Crippen LogP contribution is 2.26. The van der Waals surface area contributed by atoms with E-state index in [0.717, 1.165) is 90.9 Å². The van der Waals surface area contributed by atoms with Crippen LogP contribution in [0.1, 0.15) is 77.6 Å². The van der Waals surface area contributed by atoms with Crippen molar-refractivity contribution in [2.45, 2.75) is 114 Å². The average Bonchev–Trinajstić information content (AvgIpc) is 3.43. The quantitative estimate of drug-likeness (QED) is 0.162. The van der Waals surface area contributed by atoms with Gasteiger partial charge in [-0.15, -0.1) is 0 Å². The summed E-state index contributed by atoms with van der Waals surface area (Å²) in [6.45, 7) is 9.52. The standard InChI is InChI=1S/C30H59N9O2/c1-2-21-17-32-12-10-23(21)18-35-30(40)22-6-5-7-24(16-22)34-19-28-37-38-29(26-11-13-33-20-36-26)39(28)14-15-41-27-9-4-3-8-25(27)31/h21-29,32-34,36-38H,2-20,31H2,1H3,(H,35,40). The number of nitrogens with zero attached hydrogens (tertiary/aromatic N) is 1. The van der Waals surface area contributed by atoms with Gasteiger partial charge in [0.05, 0.1) is 25.0 Å². The number of piperidine rings is 1. The van der Waals surface area contributed by atoms with E-state index >= 15 is 0 Å². The topological polar surface area (TPSA) is 140 Å². The lowest BCUT2D eigenvalue weighted by Crippen LogP contribution is -2.59. The predicted octanol–water partition coefficient (Wildman–Crippen LogP) is 0.144. The zero-order chi connectivity index (χ0) is 28.4. The molecule has 3 heterocycles. The highest BCUT2D eigenvalue weighted by molar-refractivity contribution is 5.78. The number of nitrogens with two attached hydrogens (primary N) is 1. The number of carbonyl (C=O) groups is 1. The Balaban J connectivity index is 1.09. The van der Waals surface area contributed by atoms with Crippen molar-refractivity contribution >= 4 is 5.91 Å². The van der Waals surface area contributed by atoms with E-state index in [4.69, 9.17) is 10.5 Å². The lowest BCUT2D eigenvalue weighted by molar-refractivity contribution is -0.126. The fourth-order valence-corrected chi connectivity index (χ4v) is 7.89. The summed E-state index contributed by atoms with van der Waals surface area (Å²) in [4.78, 5) is 15.7. The van der Waals surface area contributed by atoms with Gasteiger partial charge in [0, 0.05) is 50.3 Å². The van der Waals surface area contributed by atoms with Crippen molar-refractivity contribution in [2.75, 3.05) is 52.5 Å². The molecule has 5 rings (SSSR count). The number of carbonyl (C=O) groups excluding carboxylic acids is 1. The fraction of sp³-hybridized carbons (Fsp3) is 0.967. The summed E-state index contributed by atoms with van der Waals surface area (Å²) in [6.07, 6.45) is 12.8. The molecule has 11 nitrogen and oxygen atoms in total. The number of ether oxygens (including phenoxy) is 1. The SMILES string of the molecule is CCC1CNCCC1CNC(=O)C1CCCC(NCC2NNC(C3CCNCN3)N2CCOC2CCCCC2N)C1.